The van der Waals surface area contributed by atoms with Crippen molar-refractivity contribution in [3.63, 3.8) is 0 Å². The van der Waals surface area contributed by atoms with E-state index in [4.69, 9.17) is 0 Å². The highest BCUT2D eigenvalue weighted by atomic mass is 15.4. The first-order chi connectivity index (χ1) is 6.24. The molecule has 1 aromatic heterocycles. The third kappa shape index (κ3) is 3.14. The van der Waals surface area contributed by atoms with Crippen LogP contribution in [0.3, 0.4) is 0 Å². The summed E-state index contributed by atoms with van der Waals surface area (Å²) in [4.78, 5) is 0. The molecule has 0 aliphatic rings. The average molecular weight is 182 g/mol. The zero-order chi connectivity index (χ0) is 9.68. The summed E-state index contributed by atoms with van der Waals surface area (Å²) >= 11 is 0. The minimum absolute atomic E-state index is 0.396. The third-order valence-electron chi connectivity index (χ3n) is 1.82. The van der Waals surface area contributed by atoms with Gasteiger partial charge in [-0.05, 0) is 26.8 Å². The summed E-state index contributed by atoms with van der Waals surface area (Å²) in [5.41, 5.74) is 1.02. The summed E-state index contributed by atoms with van der Waals surface area (Å²) in [6.45, 7) is 8.20. The van der Waals surface area contributed by atoms with E-state index in [1.165, 1.54) is 0 Å². The van der Waals surface area contributed by atoms with Gasteiger partial charge >= 0.3 is 0 Å². The van der Waals surface area contributed by atoms with Crippen LogP contribution in [0.5, 0.6) is 0 Å². The number of rotatable bonds is 5. The quantitative estimate of drug-likeness (QED) is 0.699. The van der Waals surface area contributed by atoms with E-state index in [0.717, 1.165) is 25.2 Å². The minimum Gasteiger partial charge on any atom is -0.311 e. The van der Waals surface area contributed by atoms with Crippen LogP contribution in [-0.4, -0.2) is 21.5 Å². The highest BCUT2D eigenvalue weighted by Gasteiger charge is 2.01. The lowest BCUT2D eigenvalue weighted by Gasteiger charge is -2.01. The Hall–Kier alpha value is -0.900. The molecule has 0 spiro atoms. The molecule has 4 nitrogen and oxygen atoms in total. The van der Waals surface area contributed by atoms with Gasteiger partial charge in [-0.25, -0.2) is 4.68 Å². The highest BCUT2D eigenvalue weighted by molar-refractivity contribution is 4.92. The zero-order valence-corrected chi connectivity index (χ0v) is 8.62. The SMILES string of the molecule is CCCNCc1cn(C(C)C)nn1. The number of hydrogen-bond acceptors (Lipinski definition) is 3. The van der Waals surface area contributed by atoms with Gasteiger partial charge in [-0.1, -0.05) is 12.1 Å². The van der Waals surface area contributed by atoms with Gasteiger partial charge in [-0.2, -0.15) is 0 Å². The van der Waals surface area contributed by atoms with E-state index >= 15 is 0 Å². The van der Waals surface area contributed by atoms with Gasteiger partial charge in [0, 0.05) is 12.6 Å². The van der Waals surface area contributed by atoms with Gasteiger partial charge in [0.15, 0.2) is 0 Å². The molecule has 0 fully saturated rings. The number of nitrogens with one attached hydrogen (secondary N) is 1. The van der Waals surface area contributed by atoms with Crippen LogP contribution in [0.15, 0.2) is 6.20 Å². The molecule has 4 heteroatoms. The van der Waals surface area contributed by atoms with Crippen molar-refractivity contribution in [1.82, 2.24) is 20.3 Å². The number of nitrogens with zero attached hydrogens (tertiary/aromatic N) is 3. The van der Waals surface area contributed by atoms with Crippen molar-refractivity contribution in [1.29, 1.82) is 0 Å². The standard InChI is InChI=1S/C9H18N4/c1-4-5-10-6-9-7-13(8(2)3)12-11-9/h7-8,10H,4-6H2,1-3H3. The third-order valence-corrected chi connectivity index (χ3v) is 1.82. The molecular formula is C9H18N4. The smallest absolute Gasteiger partial charge is 0.0964 e. The van der Waals surface area contributed by atoms with Gasteiger partial charge in [-0.15, -0.1) is 5.10 Å². The summed E-state index contributed by atoms with van der Waals surface area (Å²) in [6.07, 6.45) is 3.14. The maximum absolute atomic E-state index is 4.06. The Kier molecular flexibility index (Phi) is 3.89. The van der Waals surface area contributed by atoms with Crippen LogP contribution in [0, 0.1) is 0 Å². The van der Waals surface area contributed by atoms with Crippen LogP contribution in [0.4, 0.5) is 0 Å². The second kappa shape index (κ2) is 4.97. The molecule has 0 bridgehead atoms. The van der Waals surface area contributed by atoms with Crippen LogP contribution in [0.2, 0.25) is 0 Å². The Balaban J connectivity index is 2.40. The Bertz CT molecular complexity index is 242. The first-order valence-electron chi connectivity index (χ1n) is 4.85. The molecule has 0 amide bonds. The van der Waals surface area contributed by atoms with E-state index in [1.54, 1.807) is 0 Å². The van der Waals surface area contributed by atoms with Crippen molar-refractivity contribution in [3.05, 3.63) is 11.9 Å². The van der Waals surface area contributed by atoms with Crippen LogP contribution in [0.1, 0.15) is 38.9 Å². The predicted molar refractivity (Wildman–Crippen MR) is 52.4 cm³/mol. The summed E-state index contributed by atoms with van der Waals surface area (Å²) in [6, 6.07) is 0.396. The van der Waals surface area contributed by atoms with E-state index in [0.29, 0.717) is 6.04 Å². The van der Waals surface area contributed by atoms with E-state index in [9.17, 15) is 0 Å². The van der Waals surface area contributed by atoms with E-state index < -0.39 is 0 Å². The molecule has 0 unspecified atom stereocenters. The summed E-state index contributed by atoms with van der Waals surface area (Å²) < 4.78 is 1.88. The second-order valence-electron chi connectivity index (χ2n) is 3.46. The number of aromatic nitrogens is 3. The molecular weight excluding hydrogens is 164 g/mol. The molecule has 1 N–H and O–H groups in total. The molecule has 0 aromatic carbocycles. The normalized spacial score (nSPS) is 11.1. The van der Waals surface area contributed by atoms with Gasteiger partial charge in [0.05, 0.1) is 11.9 Å². The van der Waals surface area contributed by atoms with E-state index in [1.807, 2.05) is 10.9 Å². The van der Waals surface area contributed by atoms with Crippen LogP contribution >= 0.6 is 0 Å². The highest BCUT2D eigenvalue weighted by Crippen LogP contribution is 2.01. The molecule has 1 rings (SSSR count). The Morgan fingerprint density at radius 2 is 2.31 bits per heavy atom. The second-order valence-corrected chi connectivity index (χ2v) is 3.46. The molecule has 0 saturated heterocycles. The van der Waals surface area contributed by atoms with E-state index in [2.05, 4.69) is 36.4 Å². The van der Waals surface area contributed by atoms with Crippen molar-refractivity contribution in [3.8, 4) is 0 Å². The largest absolute Gasteiger partial charge is 0.311 e. The number of hydrogen-bond donors (Lipinski definition) is 1. The first kappa shape index (κ1) is 10.2. The van der Waals surface area contributed by atoms with Crippen molar-refractivity contribution in [2.24, 2.45) is 0 Å². The molecule has 74 valence electrons. The molecule has 1 heterocycles. The minimum atomic E-state index is 0.396. The summed E-state index contributed by atoms with van der Waals surface area (Å²) in [5.74, 6) is 0. The van der Waals surface area contributed by atoms with Gasteiger partial charge in [0.25, 0.3) is 0 Å². The maximum atomic E-state index is 4.06. The zero-order valence-electron chi connectivity index (χ0n) is 8.62. The molecule has 13 heavy (non-hydrogen) atoms. The topological polar surface area (TPSA) is 42.7 Å². The monoisotopic (exact) mass is 182 g/mol. The molecule has 0 atom stereocenters. The lowest BCUT2D eigenvalue weighted by atomic mass is 10.4. The predicted octanol–water partition coefficient (Wildman–Crippen LogP) is 1.36. The van der Waals surface area contributed by atoms with Gasteiger partial charge in [0.1, 0.15) is 0 Å². The average Bonchev–Trinajstić information content (AvgIpc) is 2.53. The maximum Gasteiger partial charge on any atom is 0.0964 e. The Morgan fingerprint density at radius 3 is 2.85 bits per heavy atom. The van der Waals surface area contributed by atoms with Crippen LogP contribution in [0.25, 0.3) is 0 Å². The fourth-order valence-corrected chi connectivity index (χ4v) is 1.04. The fraction of sp³-hybridized carbons (Fsp3) is 0.778. The molecule has 0 aliphatic heterocycles. The van der Waals surface area contributed by atoms with Crippen molar-refractivity contribution in [2.45, 2.75) is 39.8 Å². The van der Waals surface area contributed by atoms with Crippen LogP contribution < -0.4 is 5.32 Å². The van der Waals surface area contributed by atoms with Gasteiger partial charge in [-0.3, -0.25) is 0 Å². The molecule has 0 saturated carbocycles. The van der Waals surface area contributed by atoms with Gasteiger partial charge in [0.2, 0.25) is 0 Å². The Morgan fingerprint density at radius 1 is 1.54 bits per heavy atom. The Labute approximate surface area is 79.3 Å². The van der Waals surface area contributed by atoms with Gasteiger partial charge < -0.3 is 5.32 Å². The van der Waals surface area contributed by atoms with Crippen molar-refractivity contribution in [2.75, 3.05) is 6.54 Å². The summed E-state index contributed by atoms with van der Waals surface area (Å²) in [5, 5.41) is 11.4. The van der Waals surface area contributed by atoms with E-state index in [-0.39, 0.29) is 0 Å². The molecule has 0 aliphatic carbocycles. The fourth-order valence-electron chi connectivity index (χ4n) is 1.04. The summed E-state index contributed by atoms with van der Waals surface area (Å²) in [7, 11) is 0. The molecule has 0 radical (unpaired) electrons. The lowest BCUT2D eigenvalue weighted by molar-refractivity contribution is 0.514. The van der Waals surface area contributed by atoms with Crippen molar-refractivity contribution < 1.29 is 0 Å². The van der Waals surface area contributed by atoms with Crippen molar-refractivity contribution >= 4 is 0 Å². The lowest BCUT2D eigenvalue weighted by Crippen LogP contribution is -2.13. The van der Waals surface area contributed by atoms with Crippen LogP contribution in [-0.2, 0) is 6.54 Å². The molecule has 1 aromatic rings. The first-order valence-corrected chi connectivity index (χ1v) is 4.85.